The highest BCUT2D eigenvalue weighted by atomic mass is 16.2. The number of carbonyl (C=O) groups excluding carboxylic acids is 1. The van der Waals surface area contributed by atoms with Gasteiger partial charge in [0, 0.05) is 18.3 Å². The van der Waals surface area contributed by atoms with Crippen molar-refractivity contribution in [1.82, 2.24) is 15.2 Å². The van der Waals surface area contributed by atoms with E-state index in [-0.39, 0.29) is 0 Å². The number of hydrogen-bond acceptors (Lipinski definition) is 3. The summed E-state index contributed by atoms with van der Waals surface area (Å²) in [5.41, 5.74) is 9.72. The smallest absolute Gasteiger partial charge is 0.332 e. The third-order valence-corrected chi connectivity index (χ3v) is 1.93. The molecule has 1 rings (SSSR count). The average Bonchev–Trinajstić information content (AvgIpc) is 2.31. The summed E-state index contributed by atoms with van der Waals surface area (Å²) in [6.45, 7) is 3.80. The molecule has 0 aromatic carbocycles. The monoisotopic (exact) mass is 195 g/mol. The Kier molecular flexibility index (Phi) is 2.85. The van der Waals surface area contributed by atoms with Gasteiger partial charge in [-0.2, -0.15) is 10.2 Å². The minimum atomic E-state index is -0.680. The SMILES string of the molecule is Cc1nn(C)c(C)c1C=NNC(N)=O. The van der Waals surface area contributed by atoms with E-state index in [0.29, 0.717) is 0 Å². The molecule has 0 saturated carbocycles. The Bertz CT molecular complexity index is 379. The van der Waals surface area contributed by atoms with Crippen molar-refractivity contribution in [2.75, 3.05) is 0 Å². The summed E-state index contributed by atoms with van der Waals surface area (Å²) in [4.78, 5) is 10.3. The zero-order valence-corrected chi connectivity index (χ0v) is 8.40. The van der Waals surface area contributed by atoms with E-state index in [1.54, 1.807) is 4.68 Å². The summed E-state index contributed by atoms with van der Waals surface area (Å²) < 4.78 is 1.75. The number of nitrogens with zero attached hydrogens (tertiary/aromatic N) is 3. The number of hydrazone groups is 1. The lowest BCUT2D eigenvalue weighted by atomic mass is 10.2. The van der Waals surface area contributed by atoms with Gasteiger partial charge in [-0.25, -0.2) is 10.2 Å². The lowest BCUT2D eigenvalue weighted by Gasteiger charge is -1.94. The molecule has 3 N–H and O–H groups in total. The Morgan fingerprint density at radius 2 is 2.29 bits per heavy atom. The Balaban J connectivity index is 2.86. The van der Waals surface area contributed by atoms with E-state index >= 15 is 0 Å². The lowest BCUT2D eigenvalue weighted by molar-refractivity contribution is 0.249. The number of aryl methyl sites for hydroxylation is 2. The van der Waals surface area contributed by atoms with E-state index in [4.69, 9.17) is 5.73 Å². The molecule has 0 radical (unpaired) electrons. The second kappa shape index (κ2) is 3.91. The Morgan fingerprint density at radius 3 is 2.71 bits per heavy atom. The maximum Gasteiger partial charge on any atom is 0.332 e. The van der Waals surface area contributed by atoms with Crippen LogP contribution in [-0.2, 0) is 7.05 Å². The van der Waals surface area contributed by atoms with Gasteiger partial charge in [0.05, 0.1) is 11.9 Å². The van der Waals surface area contributed by atoms with Gasteiger partial charge in [0.2, 0.25) is 0 Å². The largest absolute Gasteiger partial charge is 0.350 e. The van der Waals surface area contributed by atoms with Crippen molar-refractivity contribution in [3.05, 3.63) is 17.0 Å². The molecule has 0 bridgehead atoms. The fourth-order valence-electron chi connectivity index (χ4n) is 1.14. The number of nitrogens with two attached hydrogens (primary N) is 1. The fraction of sp³-hybridized carbons (Fsp3) is 0.375. The van der Waals surface area contributed by atoms with Crippen LogP contribution in [-0.4, -0.2) is 22.0 Å². The second-order valence-electron chi connectivity index (χ2n) is 2.94. The van der Waals surface area contributed by atoms with Crippen molar-refractivity contribution in [2.45, 2.75) is 13.8 Å². The van der Waals surface area contributed by atoms with Gasteiger partial charge >= 0.3 is 6.03 Å². The van der Waals surface area contributed by atoms with Crippen LogP contribution in [0.2, 0.25) is 0 Å². The van der Waals surface area contributed by atoms with Crippen molar-refractivity contribution in [1.29, 1.82) is 0 Å². The number of rotatable bonds is 2. The van der Waals surface area contributed by atoms with Crippen molar-refractivity contribution in [2.24, 2.45) is 17.9 Å². The van der Waals surface area contributed by atoms with Gasteiger partial charge in [-0.15, -0.1) is 0 Å². The number of primary amides is 1. The fourth-order valence-corrected chi connectivity index (χ4v) is 1.14. The zero-order valence-electron chi connectivity index (χ0n) is 8.40. The predicted octanol–water partition coefficient (Wildman–Crippen LogP) is 0.0391. The maximum atomic E-state index is 10.3. The number of nitrogens with one attached hydrogen (secondary N) is 1. The molecule has 0 spiro atoms. The molecule has 6 heteroatoms. The average molecular weight is 195 g/mol. The van der Waals surface area contributed by atoms with Crippen molar-refractivity contribution in [3.63, 3.8) is 0 Å². The molecular weight excluding hydrogens is 182 g/mol. The molecule has 2 amide bonds. The molecule has 1 heterocycles. The summed E-state index contributed by atoms with van der Waals surface area (Å²) >= 11 is 0. The van der Waals surface area contributed by atoms with Gasteiger partial charge in [-0.3, -0.25) is 4.68 Å². The van der Waals surface area contributed by atoms with Gasteiger partial charge < -0.3 is 5.73 Å². The minimum Gasteiger partial charge on any atom is -0.350 e. The summed E-state index contributed by atoms with van der Waals surface area (Å²) in [5.74, 6) is 0. The Labute approximate surface area is 81.8 Å². The summed E-state index contributed by atoms with van der Waals surface area (Å²) in [7, 11) is 1.85. The van der Waals surface area contributed by atoms with E-state index in [2.05, 4.69) is 15.6 Å². The third kappa shape index (κ3) is 2.09. The van der Waals surface area contributed by atoms with Gasteiger partial charge in [0.1, 0.15) is 0 Å². The minimum absolute atomic E-state index is 0.680. The molecule has 0 aliphatic rings. The first-order valence-corrected chi connectivity index (χ1v) is 4.11. The van der Waals surface area contributed by atoms with E-state index in [1.807, 2.05) is 20.9 Å². The van der Waals surface area contributed by atoms with E-state index < -0.39 is 6.03 Å². The number of carbonyl (C=O) groups is 1. The first-order chi connectivity index (χ1) is 6.52. The van der Waals surface area contributed by atoms with E-state index in [0.717, 1.165) is 17.0 Å². The topological polar surface area (TPSA) is 85.3 Å². The first kappa shape index (κ1) is 10.2. The molecule has 1 aromatic rings. The Morgan fingerprint density at radius 1 is 1.64 bits per heavy atom. The highest BCUT2D eigenvalue weighted by Gasteiger charge is 2.05. The highest BCUT2D eigenvalue weighted by Crippen LogP contribution is 2.08. The van der Waals surface area contributed by atoms with Crippen molar-refractivity contribution >= 4 is 12.2 Å². The van der Waals surface area contributed by atoms with Crippen LogP contribution in [0.3, 0.4) is 0 Å². The second-order valence-corrected chi connectivity index (χ2v) is 2.94. The van der Waals surface area contributed by atoms with E-state index in [9.17, 15) is 4.79 Å². The molecule has 0 unspecified atom stereocenters. The molecule has 0 atom stereocenters. The first-order valence-electron chi connectivity index (χ1n) is 4.11. The van der Waals surface area contributed by atoms with Crippen molar-refractivity contribution < 1.29 is 4.79 Å². The molecule has 0 saturated heterocycles. The number of amides is 2. The van der Waals surface area contributed by atoms with Crippen molar-refractivity contribution in [3.8, 4) is 0 Å². The molecule has 0 aliphatic heterocycles. The van der Waals surface area contributed by atoms with Gasteiger partial charge in [0.25, 0.3) is 0 Å². The van der Waals surface area contributed by atoms with Crippen LogP contribution in [0.4, 0.5) is 4.79 Å². The van der Waals surface area contributed by atoms with Crippen LogP contribution in [0, 0.1) is 13.8 Å². The zero-order chi connectivity index (χ0) is 10.7. The summed E-state index contributed by atoms with van der Waals surface area (Å²) in [6.07, 6.45) is 1.53. The van der Waals surface area contributed by atoms with Crippen LogP contribution in [0.5, 0.6) is 0 Å². The number of hydrogen-bond donors (Lipinski definition) is 2. The molecule has 0 fully saturated rings. The molecule has 0 aliphatic carbocycles. The van der Waals surface area contributed by atoms with E-state index in [1.165, 1.54) is 6.21 Å². The quantitative estimate of drug-likeness (QED) is 0.515. The van der Waals surface area contributed by atoms with Crippen LogP contribution >= 0.6 is 0 Å². The molecule has 1 aromatic heterocycles. The highest BCUT2D eigenvalue weighted by molar-refractivity contribution is 5.83. The molecule has 76 valence electrons. The summed E-state index contributed by atoms with van der Waals surface area (Å²) in [5, 5.41) is 7.86. The van der Waals surface area contributed by atoms with Crippen LogP contribution in [0.25, 0.3) is 0 Å². The van der Waals surface area contributed by atoms with Gasteiger partial charge in [-0.1, -0.05) is 0 Å². The predicted molar refractivity (Wildman–Crippen MR) is 53.0 cm³/mol. The standard InChI is InChI=1S/C8H13N5O/c1-5-7(4-10-11-8(9)14)6(2)13(3)12-5/h4H,1-3H3,(H3,9,11,14). The molecular formula is C8H13N5O. The van der Waals surface area contributed by atoms with Gasteiger partial charge in [0.15, 0.2) is 0 Å². The maximum absolute atomic E-state index is 10.3. The van der Waals surface area contributed by atoms with Crippen LogP contribution in [0.1, 0.15) is 17.0 Å². The van der Waals surface area contributed by atoms with Crippen LogP contribution in [0.15, 0.2) is 5.10 Å². The third-order valence-electron chi connectivity index (χ3n) is 1.93. The lowest BCUT2D eigenvalue weighted by Crippen LogP contribution is -2.24. The normalized spacial score (nSPS) is 10.8. The van der Waals surface area contributed by atoms with Crippen LogP contribution < -0.4 is 11.2 Å². The molecule has 14 heavy (non-hydrogen) atoms. The number of urea groups is 1. The molecule has 6 nitrogen and oxygen atoms in total. The number of aromatic nitrogens is 2. The Hall–Kier alpha value is -1.85. The van der Waals surface area contributed by atoms with Gasteiger partial charge in [-0.05, 0) is 13.8 Å². The summed E-state index contributed by atoms with van der Waals surface area (Å²) in [6, 6.07) is -0.680.